The van der Waals surface area contributed by atoms with Gasteiger partial charge in [0.1, 0.15) is 5.75 Å². The smallest absolute Gasteiger partial charge is 0.308 e. The molecule has 0 aliphatic carbocycles. The number of carboxylic acid groups (broad SMARTS) is 1. The summed E-state index contributed by atoms with van der Waals surface area (Å²) in [6, 6.07) is 1.99. The fourth-order valence-electron chi connectivity index (χ4n) is 0.918. The second-order valence-electron chi connectivity index (χ2n) is 2.47. The van der Waals surface area contributed by atoms with Crippen molar-refractivity contribution in [2.24, 2.45) is 0 Å². The Labute approximate surface area is 72.9 Å². The van der Waals surface area contributed by atoms with E-state index >= 15 is 0 Å². The number of aromatic hydroxyl groups is 2. The Morgan fingerprint density at radius 3 is 2.38 bits per heavy atom. The summed E-state index contributed by atoms with van der Waals surface area (Å²) in [6.45, 7) is 0. The zero-order valence-corrected chi connectivity index (χ0v) is 6.49. The van der Waals surface area contributed by atoms with Crippen LogP contribution in [0.25, 0.3) is 0 Å². The first-order valence-corrected chi connectivity index (χ1v) is 3.43. The quantitative estimate of drug-likeness (QED) is 0.598. The van der Waals surface area contributed by atoms with Gasteiger partial charge >= 0.3 is 5.97 Å². The largest absolute Gasteiger partial charge is 0.508 e. The van der Waals surface area contributed by atoms with Gasteiger partial charge in [-0.15, -0.1) is 0 Å². The molecule has 0 aromatic heterocycles. The molecule has 0 aliphatic rings. The van der Waals surface area contributed by atoms with E-state index < -0.39 is 35.3 Å². The summed E-state index contributed by atoms with van der Waals surface area (Å²) in [5, 5.41) is 26.3. The van der Waals surface area contributed by atoms with Gasteiger partial charge in [0, 0.05) is 5.56 Å². The Hall–Kier alpha value is -1.78. The van der Waals surface area contributed by atoms with E-state index in [1.807, 2.05) is 0 Å². The third-order valence-corrected chi connectivity index (χ3v) is 1.53. The van der Waals surface area contributed by atoms with Crippen LogP contribution in [0.3, 0.4) is 0 Å². The first-order chi connectivity index (χ1) is 6.02. The lowest BCUT2D eigenvalue weighted by molar-refractivity contribution is -0.136. The van der Waals surface area contributed by atoms with Crippen LogP contribution < -0.4 is 0 Å². The van der Waals surface area contributed by atoms with E-state index in [0.717, 1.165) is 12.1 Å². The highest BCUT2D eigenvalue weighted by molar-refractivity contribution is 5.71. The van der Waals surface area contributed by atoms with Crippen molar-refractivity contribution in [2.75, 3.05) is 0 Å². The molecular formula is C8H7FO4. The first-order valence-electron chi connectivity index (χ1n) is 3.43. The second-order valence-corrected chi connectivity index (χ2v) is 2.47. The molecule has 0 aliphatic heterocycles. The molecule has 0 heterocycles. The second kappa shape index (κ2) is 3.30. The highest BCUT2D eigenvalue weighted by Gasteiger charge is 2.15. The zero-order valence-electron chi connectivity index (χ0n) is 6.49. The van der Waals surface area contributed by atoms with Gasteiger partial charge in [-0.3, -0.25) is 4.79 Å². The van der Waals surface area contributed by atoms with E-state index in [1.165, 1.54) is 0 Å². The minimum Gasteiger partial charge on any atom is -0.508 e. The van der Waals surface area contributed by atoms with E-state index in [0.29, 0.717) is 0 Å². The number of carboxylic acids is 1. The highest BCUT2D eigenvalue weighted by Crippen LogP contribution is 2.27. The van der Waals surface area contributed by atoms with Gasteiger partial charge in [-0.05, 0) is 12.1 Å². The number of aliphatic carboxylic acids is 1. The van der Waals surface area contributed by atoms with Crippen molar-refractivity contribution in [1.29, 1.82) is 0 Å². The van der Waals surface area contributed by atoms with Gasteiger partial charge in [0.2, 0.25) is 0 Å². The van der Waals surface area contributed by atoms with Crippen LogP contribution in [0.4, 0.5) is 4.39 Å². The van der Waals surface area contributed by atoms with Crippen molar-refractivity contribution in [3.05, 3.63) is 23.5 Å². The van der Waals surface area contributed by atoms with E-state index in [4.69, 9.17) is 15.3 Å². The molecule has 3 N–H and O–H groups in total. The number of hydrogen-bond acceptors (Lipinski definition) is 3. The molecule has 0 spiro atoms. The van der Waals surface area contributed by atoms with Crippen LogP contribution in [0, 0.1) is 5.82 Å². The van der Waals surface area contributed by atoms with Gasteiger partial charge in [0.15, 0.2) is 11.6 Å². The number of phenols is 2. The Bertz CT molecular complexity index is 348. The maximum atomic E-state index is 12.9. The summed E-state index contributed by atoms with van der Waals surface area (Å²) in [5.74, 6) is -3.52. The van der Waals surface area contributed by atoms with Gasteiger partial charge in [-0.2, -0.15) is 0 Å². The van der Waals surface area contributed by atoms with E-state index in [-0.39, 0.29) is 0 Å². The van der Waals surface area contributed by atoms with E-state index in [1.54, 1.807) is 0 Å². The molecule has 1 rings (SSSR count). The average Bonchev–Trinajstić information content (AvgIpc) is 2.05. The maximum Gasteiger partial charge on any atom is 0.308 e. The fourth-order valence-corrected chi connectivity index (χ4v) is 0.918. The third kappa shape index (κ3) is 1.87. The molecule has 1 aromatic rings. The minimum atomic E-state index is -1.28. The number of halogens is 1. The molecule has 13 heavy (non-hydrogen) atoms. The van der Waals surface area contributed by atoms with Crippen molar-refractivity contribution in [1.82, 2.24) is 0 Å². The molecule has 0 amide bonds. The van der Waals surface area contributed by atoms with Crippen LogP contribution in [0.2, 0.25) is 0 Å². The molecule has 0 radical (unpaired) electrons. The Balaban J connectivity index is 3.17. The van der Waals surface area contributed by atoms with Crippen LogP contribution in [-0.2, 0) is 11.2 Å². The topological polar surface area (TPSA) is 77.8 Å². The Kier molecular flexibility index (Phi) is 2.36. The molecule has 70 valence electrons. The van der Waals surface area contributed by atoms with Gasteiger partial charge in [-0.25, -0.2) is 4.39 Å². The first kappa shape index (κ1) is 9.31. The van der Waals surface area contributed by atoms with E-state index in [2.05, 4.69) is 0 Å². The van der Waals surface area contributed by atoms with Crippen LogP contribution in [-0.4, -0.2) is 21.3 Å². The fraction of sp³-hybridized carbons (Fsp3) is 0.125. The molecular weight excluding hydrogens is 179 g/mol. The number of hydrogen-bond donors (Lipinski definition) is 3. The predicted molar refractivity (Wildman–Crippen MR) is 41.1 cm³/mol. The molecule has 0 saturated heterocycles. The Morgan fingerprint density at radius 2 is 1.85 bits per heavy atom. The number of phenolic OH excluding ortho intramolecular Hbond substituents is 2. The maximum absolute atomic E-state index is 12.9. The van der Waals surface area contributed by atoms with Crippen LogP contribution in [0.5, 0.6) is 11.5 Å². The van der Waals surface area contributed by atoms with Crippen LogP contribution >= 0.6 is 0 Å². The van der Waals surface area contributed by atoms with Crippen molar-refractivity contribution >= 4 is 5.97 Å². The molecule has 5 heteroatoms. The lowest BCUT2D eigenvalue weighted by Gasteiger charge is -2.04. The summed E-state index contributed by atoms with van der Waals surface area (Å²) in [4.78, 5) is 10.2. The molecule has 0 atom stereocenters. The zero-order chi connectivity index (χ0) is 10.0. The summed E-state index contributed by atoms with van der Waals surface area (Å²) in [6.07, 6.45) is -0.661. The number of carbonyl (C=O) groups is 1. The summed E-state index contributed by atoms with van der Waals surface area (Å²) >= 11 is 0. The third-order valence-electron chi connectivity index (χ3n) is 1.53. The summed E-state index contributed by atoms with van der Waals surface area (Å²) in [7, 11) is 0. The highest BCUT2D eigenvalue weighted by atomic mass is 19.1. The minimum absolute atomic E-state index is 0.410. The van der Waals surface area contributed by atoms with Crippen molar-refractivity contribution in [3.63, 3.8) is 0 Å². The molecule has 0 unspecified atom stereocenters. The average molecular weight is 186 g/mol. The van der Waals surface area contributed by atoms with Crippen molar-refractivity contribution in [3.8, 4) is 11.5 Å². The van der Waals surface area contributed by atoms with Gasteiger partial charge in [0.25, 0.3) is 0 Å². The normalized spacial score (nSPS) is 9.92. The summed E-state index contributed by atoms with van der Waals surface area (Å²) in [5.41, 5.74) is -0.410. The number of benzene rings is 1. The van der Waals surface area contributed by atoms with E-state index in [9.17, 15) is 9.18 Å². The molecule has 0 saturated carbocycles. The molecule has 4 nitrogen and oxygen atoms in total. The standard InChI is InChI=1S/C8H7FO4/c9-8-4(3-7(12)13)5(10)1-2-6(8)11/h1-2,10-11H,3H2,(H,12,13). The van der Waals surface area contributed by atoms with Gasteiger partial charge < -0.3 is 15.3 Å². The monoisotopic (exact) mass is 186 g/mol. The van der Waals surface area contributed by atoms with Crippen LogP contribution in [0.15, 0.2) is 12.1 Å². The van der Waals surface area contributed by atoms with Gasteiger partial charge in [0.05, 0.1) is 6.42 Å². The number of rotatable bonds is 2. The van der Waals surface area contributed by atoms with Crippen molar-refractivity contribution < 1.29 is 24.5 Å². The SMILES string of the molecule is O=C(O)Cc1c(O)ccc(O)c1F. The molecule has 0 fully saturated rings. The summed E-state index contributed by atoms with van der Waals surface area (Å²) < 4.78 is 12.9. The van der Waals surface area contributed by atoms with Crippen molar-refractivity contribution in [2.45, 2.75) is 6.42 Å². The molecule has 1 aromatic carbocycles. The lowest BCUT2D eigenvalue weighted by atomic mass is 10.1. The molecule has 0 bridgehead atoms. The predicted octanol–water partition coefficient (Wildman–Crippen LogP) is 0.864. The van der Waals surface area contributed by atoms with Crippen LogP contribution in [0.1, 0.15) is 5.56 Å². The van der Waals surface area contributed by atoms with Gasteiger partial charge in [-0.1, -0.05) is 0 Å². The Morgan fingerprint density at radius 1 is 1.31 bits per heavy atom. The lowest BCUT2D eigenvalue weighted by Crippen LogP contribution is -2.02.